The van der Waals surface area contributed by atoms with Crippen LogP contribution >= 0.6 is 11.8 Å². The summed E-state index contributed by atoms with van der Waals surface area (Å²) < 4.78 is 5.23. The van der Waals surface area contributed by atoms with Crippen molar-refractivity contribution >= 4 is 35.2 Å². The summed E-state index contributed by atoms with van der Waals surface area (Å²) in [6, 6.07) is 5.11. The predicted octanol–water partition coefficient (Wildman–Crippen LogP) is 1.73. The standard InChI is InChI=1S/C17H20N2O5S/c1-10-14(20)19-12-8-11(2-3-13(12)25-10)15(21)18-9-17(16(22)23)4-6-24-7-5-17/h2-3,8,10H,4-7,9H2,1H3,(H,18,21)(H,19,20)(H,22,23). The van der Waals surface area contributed by atoms with E-state index in [-0.39, 0.29) is 23.6 Å². The van der Waals surface area contributed by atoms with Crippen LogP contribution in [0.5, 0.6) is 0 Å². The second-order valence-electron chi connectivity index (χ2n) is 6.34. The summed E-state index contributed by atoms with van der Waals surface area (Å²) in [6.07, 6.45) is 0.745. The van der Waals surface area contributed by atoms with Gasteiger partial charge in [0.25, 0.3) is 5.91 Å². The molecule has 0 spiro atoms. The molecule has 2 amide bonds. The molecule has 3 N–H and O–H groups in total. The zero-order valence-corrected chi connectivity index (χ0v) is 14.6. The fourth-order valence-corrected chi connectivity index (χ4v) is 3.86. The van der Waals surface area contributed by atoms with E-state index < -0.39 is 11.4 Å². The third-order valence-corrected chi connectivity index (χ3v) is 5.84. The minimum atomic E-state index is -0.985. The van der Waals surface area contributed by atoms with E-state index in [2.05, 4.69) is 10.6 Å². The number of ether oxygens (including phenoxy) is 1. The molecule has 25 heavy (non-hydrogen) atoms. The average molecular weight is 364 g/mol. The summed E-state index contributed by atoms with van der Waals surface area (Å²) >= 11 is 1.44. The lowest BCUT2D eigenvalue weighted by atomic mass is 9.80. The summed E-state index contributed by atoms with van der Waals surface area (Å²) in [5.41, 5.74) is 0.0169. The van der Waals surface area contributed by atoms with Crippen LogP contribution in [0.2, 0.25) is 0 Å². The Hall–Kier alpha value is -2.06. The van der Waals surface area contributed by atoms with Crippen molar-refractivity contribution in [2.45, 2.75) is 29.9 Å². The van der Waals surface area contributed by atoms with E-state index in [9.17, 15) is 19.5 Å². The van der Waals surface area contributed by atoms with Gasteiger partial charge in [-0.25, -0.2) is 0 Å². The molecule has 0 radical (unpaired) electrons. The van der Waals surface area contributed by atoms with Crippen molar-refractivity contribution < 1.29 is 24.2 Å². The summed E-state index contributed by atoms with van der Waals surface area (Å²) in [5, 5.41) is 14.9. The van der Waals surface area contributed by atoms with Gasteiger partial charge < -0.3 is 20.5 Å². The Labute approximate surface area is 149 Å². The molecule has 1 aromatic carbocycles. The van der Waals surface area contributed by atoms with Crippen LogP contribution in [-0.4, -0.2) is 47.9 Å². The highest BCUT2D eigenvalue weighted by molar-refractivity contribution is 8.00. The average Bonchev–Trinajstić information content (AvgIpc) is 2.61. The van der Waals surface area contributed by atoms with Crippen LogP contribution in [-0.2, 0) is 14.3 Å². The van der Waals surface area contributed by atoms with Crippen LogP contribution in [0.1, 0.15) is 30.1 Å². The Balaban J connectivity index is 1.70. The number of carbonyl (C=O) groups is 3. The molecule has 8 heteroatoms. The SMILES string of the molecule is CC1Sc2ccc(C(=O)NCC3(C(=O)O)CCOCC3)cc2NC1=O. The molecule has 0 aromatic heterocycles. The van der Waals surface area contributed by atoms with E-state index >= 15 is 0 Å². The molecular weight excluding hydrogens is 344 g/mol. The Morgan fingerprint density at radius 2 is 2.12 bits per heavy atom. The van der Waals surface area contributed by atoms with Gasteiger partial charge in [-0.1, -0.05) is 0 Å². The van der Waals surface area contributed by atoms with E-state index in [1.807, 2.05) is 6.92 Å². The number of carbonyl (C=O) groups excluding carboxylic acids is 2. The smallest absolute Gasteiger partial charge is 0.311 e. The number of fused-ring (bicyclic) bond motifs is 1. The van der Waals surface area contributed by atoms with Crippen LogP contribution in [0.25, 0.3) is 0 Å². The van der Waals surface area contributed by atoms with Gasteiger partial charge in [0.1, 0.15) is 0 Å². The second kappa shape index (κ2) is 7.05. The van der Waals surface area contributed by atoms with Crippen LogP contribution in [0.4, 0.5) is 5.69 Å². The number of amides is 2. The Morgan fingerprint density at radius 1 is 1.40 bits per heavy atom. The molecular formula is C17H20N2O5S. The second-order valence-corrected chi connectivity index (χ2v) is 7.72. The van der Waals surface area contributed by atoms with Crippen LogP contribution in [0, 0.1) is 5.41 Å². The molecule has 134 valence electrons. The minimum Gasteiger partial charge on any atom is -0.481 e. The third kappa shape index (κ3) is 3.64. The molecule has 1 atom stereocenters. The number of anilines is 1. The highest BCUT2D eigenvalue weighted by Gasteiger charge is 2.40. The van der Waals surface area contributed by atoms with E-state index in [0.717, 1.165) is 4.90 Å². The number of aliphatic carboxylic acids is 1. The van der Waals surface area contributed by atoms with Gasteiger partial charge in [0.05, 0.1) is 16.4 Å². The molecule has 2 aliphatic heterocycles. The van der Waals surface area contributed by atoms with Crippen molar-refractivity contribution in [1.82, 2.24) is 5.32 Å². The first-order chi connectivity index (χ1) is 11.9. The van der Waals surface area contributed by atoms with Gasteiger partial charge in [0.15, 0.2) is 0 Å². The van der Waals surface area contributed by atoms with Gasteiger partial charge >= 0.3 is 5.97 Å². The van der Waals surface area contributed by atoms with Crippen molar-refractivity contribution in [1.29, 1.82) is 0 Å². The molecule has 2 aliphatic rings. The maximum atomic E-state index is 12.4. The zero-order valence-electron chi connectivity index (χ0n) is 13.8. The monoisotopic (exact) mass is 364 g/mol. The fourth-order valence-electron chi connectivity index (χ4n) is 2.93. The molecule has 1 saturated heterocycles. The quantitative estimate of drug-likeness (QED) is 0.752. The lowest BCUT2D eigenvalue weighted by molar-refractivity contribution is -0.154. The van der Waals surface area contributed by atoms with E-state index in [0.29, 0.717) is 37.3 Å². The summed E-state index contributed by atoms with van der Waals surface area (Å²) in [7, 11) is 0. The first-order valence-electron chi connectivity index (χ1n) is 8.12. The molecule has 3 rings (SSSR count). The Morgan fingerprint density at radius 3 is 2.80 bits per heavy atom. The number of benzene rings is 1. The molecule has 7 nitrogen and oxygen atoms in total. The van der Waals surface area contributed by atoms with Crippen molar-refractivity contribution in [3.8, 4) is 0 Å². The predicted molar refractivity (Wildman–Crippen MR) is 92.8 cm³/mol. The van der Waals surface area contributed by atoms with Crippen LogP contribution < -0.4 is 10.6 Å². The number of carboxylic acid groups (broad SMARTS) is 1. The van der Waals surface area contributed by atoms with Gasteiger partial charge in [-0.05, 0) is 38.0 Å². The van der Waals surface area contributed by atoms with E-state index in [1.54, 1.807) is 18.2 Å². The first kappa shape index (κ1) is 17.8. The van der Waals surface area contributed by atoms with Gasteiger partial charge in [-0.15, -0.1) is 11.8 Å². The number of hydrogen-bond donors (Lipinski definition) is 3. The van der Waals surface area contributed by atoms with Crippen LogP contribution in [0.3, 0.4) is 0 Å². The number of hydrogen-bond acceptors (Lipinski definition) is 5. The molecule has 1 aromatic rings. The van der Waals surface area contributed by atoms with Gasteiger partial charge in [0, 0.05) is 30.2 Å². The number of thioether (sulfide) groups is 1. The van der Waals surface area contributed by atoms with E-state index in [4.69, 9.17) is 4.74 Å². The van der Waals surface area contributed by atoms with Crippen LogP contribution in [0.15, 0.2) is 23.1 Å². The Bertz CT molecular complexity index is 715. The third-order valence-electron chi connectivity index (χ3n) is 4.66. The highest BCUT2D eigenvalue weighted by atomic mass is 32.2. The van der Waals surface area contributed by atoms with Crippen molar-refractivity contribution in [3.63, 3.8) is 0 Å². The van der Waals surface area contributed by atoms with Gasteiger partial charge in [-0.2, -0.15) is 0 Å². The summed E-state index contributed by atoms with van der Waals surface area (Å²) in [4.78, 5) is 36.7. The van der Waals surface area contributed by atoms with Gasteiger partial charge in [0.2, 0.25) is 5.91 Å². The van der Waals surface area contributed by atoms with Crippen molar-refractivity contribution in [2.24, 2.45) is 5.41 Å². The zero-order chi connectivity index (χ0) is 18.0. The summed E-state index contributed by atoms with van der Waals surface area (Å²) in [5.74, 6) is -1.37. The normalized spacial score (nSPS) is 21.8. The minimum absolute atomic E-state index is 0.0553. The molecule has 2 heterocycles. The number of carboxylic acids is 1. The molecule has 1 unspecified atom stereocenters. The molecule has 0 aliphatic carbocycles. The lowest BCUT2D eigenvalue weighted by Gasteiger charge is -2.33. The first-order valence-corrected chi connectivity index (χ1v) is 9.00. The molecule has 0 saturated carbocycles. The van der Waals surface area contributed by atoms with Gasteiger partial charge in [-0.3, -0.25) is 14.4 Å². The maximum Gasteiger partial charge on any atom is 0.311 e. The summed E-state index contributed by atoms with van der Waals surface area (Å²) in [6.45, 7) is 2.63. The number of rotatable bonds is 4. The highest BCUT2D eigenvalue weighted by Crippen LogP contribution is 2.36. The maximum absolute atomic E-state index is 12.4. The van der Waals surface area contributed by atoms with Crippen molar-refractivity contribution in [3.05, 3.63) is 23.8 Å². The van der Waals surface area contributed by atoms with Crippen molar-refractivity contribution in [2.75, 3.05) is 25.1 Å². The fraction of sp³-hybridized carbons (Fsp3) is 0.471. The molecule has 0 bridgehead atoms. The van der Waals surface area contributed by atoms with E-state index in [1.165, 1.54) is 11.8 Å². The topological polar surface area (TPSA) is 105 Å². The molecule has 1 fully saturated rings. The lowest BCUT2D eigenvalue weighted by Crippen LogP contribution is -2.46. The Kier molecular flexibility index (Phi) is 5.01. The largest absolute Gasteiger partial charge is 0.481 e. The number of nitrogens with one attached hydrogen (secondary N) is 2.